The van der Waals surface area contributed by atoms with Crippen molar-refractivity contribution < 1.29 is 9.90 Å². The maximum atomic E-state index is 11.1. The second-order valence-corrected chi connectivity index (χ2v) is 5.77. The highest BCUT2D eigenvalue weighted by Crippen LogP contribution is 2.46. The van der Waals surface area contributed by atoms with Gasteiger partial charge in [-0.25, -0.2) is 4.79 Å². The lowest BCUT2D eigenvalue weighted by Crippen LogP contribution is -2.31. The summed E-state index contributed by atoms with van der Waals surface area (Å²) >= 11 is 0. The summed E-state index contributed by atoms with van der Waals surface area (Å²) in [6.45, 7) is 8.30. The summed E-state index contributed by atoms with van der Waals surface area (Å²) in [5.74, 6) is 1.15. The first kappa shape index (κ1) is 12.4. The molecule has 0 aliphatic heterocycles. The van der Waals surface area contributed by atoms with Crippen LogP contribution in [0.25, 0.3) is 0 Å². The number of allylic oxidation sites excluding steroid dienone is 2. The van der Waals surface area contributed by atoms with Crippen molar-refractivity contribution in [3.05, 3.63) is 23.8 Å². The zero-order chi connectivity index (χ0) is 12.6. The molecular weight excluding hydrogens is 212 g/mol. The van der Waals surface area contributed by atoms with Gasteiger partial charge in [0.15, 0.2) is 0 Å². The topological polar surface area (TPSA) is 37.3 Å². The highest BCUT2D eigenvalue weighted by atomic mass is 16.4. The zero-order valence-corrected chi connectivity index (χ0v) is 10.8. The molecule has 2 aliphatic carbocycles. The number of carbonyl (C=O) groups is 1. The van der Waals surface area contributed by atoms with E-state index in [1.807, 2.05) is 0 Å². The van der Waals surface area contributed by atoms with E-state index in [2.05, 4.69) is 26.5 Å². The normalized spacial score (nSPS) is 36.9. The predicted molar refractivity (Wildman–Crippen MR) is 68.6 cm³/mol. The van der Waals surface area contributed by atoms with Crippen LogP contribution < -0.4 is 0 Å². The summed E-state index contributed by atoms with van der Waals surface area (Å²) in [6.07, 6.45) is 6.87. The molecule has 0 heterocycles. The summed E-state index contributed by atoms with van der Waals surface area (Å²) in [7, 11) is 0. The number of hydrogen-bond acceptors (Lipinski definition) is 1. The summed E-state index contributed by atoms with van der Waals surface area (Å²) in [5.41, 5.74) is 1.76. The molecule has 2 nitrogen and oxygen atoms in total. The van der Waals surface area contributed by atoms with Gasteiger partial charge < -0.3 is 5.11 Å². The van der Waals surface area contributed by atoms with Crippen molar-refractivity contribution >= 4 is 5.97 Å². The van der Waals surface area contributed by atoms with Crippen LogP contribution in [0.1, 0.15) is 39.5 Å². The minimum atomic E-state index is -0.831. The molecule has 0 spiro atoms. The molecule has 1 fully saturated rings. The van der Waals surface area contributed by atoms with Gasteiger partial charge in [-0.3, -0.25) is 0 Å². The molecule has 0 saturated heterocycles. The van der Waals surface area contributed by atoms with Crippen LogP contribution in [-0.2, 0) is 4.79 Å². The van der Waals surface area contributed by atoms with Crippen LogP contribution in [0.2, 0.25) is 0 Å². The first-order chi connectivity index (χ1) is 8.00. The molecule has 1 N–H and O–H groups in total. The third kappa shape index (κ3) is 2.31. The first-order valence-corrected chi connectivity index (χ1v) is 6.64. The molecule has 4 atom stereocenters. The molecule has 0 aromatic heterocycles. The van der Waals surface area contributed by atoms with Crippen molar-refractivity contribution in [1.82, 2.24) is 0 Å². The fourth-order valence-corrected chi connectivity index (χ4v) is 3.45. The van der Waals surface area contributed by atoms with E-state index in [9.17, 15) is 4.79 Å². The highest BCUT2D eigenvalue weighted by Gasteiger charge is 2.37. The lowest BCUT2D eigenvalue weighted by atomic mass is 9.64. The Morgan fingerprint density at radius 1 is 1.29 bits per heavy atom. The Kier molecular flexibility index (Phi) is 3.41. The van der Waals surface area contributed by atoms with Crippen LogP contribution in [0, 0.1) is 23.7 Å². The average Bonchev–Trinajstić information content (AvgIpc) is 2.28. The second-order valence-electron chi connectivity index (χ2n) is 5.77. The van der Waals surface area contributed by atoms with Gasteiger partial charge in [0.1, 0.15) is 0 Å². The first-order valence-electron chi connectivity index (χ1n) is 6.64. The molecule has 0 amide bonds. The van der Waals surface area contributed by atoms with E-state index < -0.39 is 5.97 Å². The maximum absolute atomic E-state index is 11.1. The van der Waals surface area contributed by atoms with E-state index in [1.165, 1.54) is 18.4 Å². The molecule has 2 aliphatic rings. The smallest absolute Gasteiger partial charge is 0.331 e. The van der Waals surface area contributed by atoms with Gasteiger partial charge >= 0.3 is 5.97 Å². The number of carboxylic acids is 1. The van der Waals surface area contributed by atoms with Gasteiger partial charge in [0, 0.05) is 11.5 Å². The van der Waals surface area contributed by atoms with Crippen molar-refractivity contribution in [1.29, 1.82) is 0 Å². The maximum Gasteiger partial charge on any atom is 0.331 e. The molecular formula is C15H22O2. The molecule has 3 unspecified atom stereocenters. The van der Waals surface area contributed by atoms with Crippen molar-refractivity contribution in [2.45, 2.75) is 39.5 Å². The lowest BCUT2D eigenvalue weighted by Gasteiger charge is -2.41. The fraction of sp³-hybridized carbons (Fsp3) is 0.667. The highest BCUT2D eigenvalue weighted by molar-refractivity contribution is 5.87. The van der Waals surface area contributed by atoms with Crippen molar-refractivity contribution in [3.8, 4) is 0 Å². The molecule has 0 aromatic carbocycles. The van der Waals surface area contributed by atoms with Crippen molar-refractivity contribution in [2.24, 2.45) is 23.7 Å². The van der Waals surface area contributed by atoms with Crippen LogP contribution in [0.4, 0.5) is 0 Å². The number of fused-ring (bicyclic) bond motifs is 1. The third-order valence-electron chi connectivity index (χ3n) is 4.53. The number of hydrogen-bond donors (Lipinski definition) is 1. The molecule has 0 bridgehead atoms. The molecule has 17 heavy (non-hydrogen) atoms. The second kappa shape index (κ2) is 4.67. The monoisotopic (exact) mass is 234 g/mol. The van der Waals surface area contributed by atoms with Crippen molar-refractivity contribution in [3.63, 3.8) is 0 Å². The van der Waals surface area contributed by atoms with Crippen LogP contribution >= 0.6 is 0 Å². The van der Waals surface area contributed by atoms with Crippen LogP contribution in [0.5, 0.6) is 0 Å². The SMILES string of the molecule is C=C(C(=O)O)C1CC[C@@H](C)C2CCC(C)C=C12. The Labute approximate surface area is 103 Å². The predicted octanol–water partition coefficient (Wildman–Crippen LogP) is 3.65. The van der Waals surface area contributed by atoms with Gasteiger partial charge in [-0.2, -0.15) is 0 Å². The molecule has 2 rings (SSSR count). The van der Waals surface area contributed by atoms with E-state index in [0.717, 1.165) is 12.8 Å². The Morgan fingerprint density at radius 3 is 2.65 bits per heavy atom. The Bertz CT molecular complexity index is 367. The number of aliphatic carboxylic acids is 1. The van der Waals surface area contributed by atoms with E-state index in [-0.39, 0.29) is 5.92 Å². The minimum absolute atomic E-state index is 0.0939. The number of carboxylic acid groups (broad SMARTS) is 1. The van der Waals surface area contributed by atoms with Gasteiger partial charge in [-0.1, -0.05) is 32.1 Å². The third-order valence-corrected chi connectivity index (χ3v) is 4.53. The summed E-state index contributed by atoms with van der Waals surface area (Å²) in [6, 6.07) is 0. The van der Waals surface area contributed by atoms with E-state index in [4.69, 9.17) is 5.11 Å². The van der Waals surface area contributed by atoms with Crippen LogP contribution in [0.15, 0.2) is 23.8 Å². The molecule has 2 heteroatoms. The van der Waals surface area contributed by atoms with Gasteiger partial charge in [0.05, 0.1) is 0 Å². The fourth-order valence-electron chi connectivity index (χ4n) is 3.45. The van der Waals surface area contributed by atoms with Crippen LogP contribution in [-0.4, -0.2) is 11.1 Å². The quantitative estimate of drug-likeness (QED) is 0.585. The number of rotatable bonds is 2. The minimum Gasteiger partial charge on any atom is -0.478 e. The molecule has 1 saturated carbocycles. The lowest BCUT2D eigenvalue weighted by molar-refractivity contribution is -0.133. The Morgan fingerprint density at radius 2 is 2.00 bits per heavy atom. The van der Waals surface area contributed by atoms with Crippen LogP contribution in [0.3, 0.4) is 0 Å². The summed E-state index contributed by atoms with van der Waals surface area (Å²) < 4.78 is 0. The zero-order valence-electron chi connectivity index (χ0n) is 10.8. The Hall–Kier alpha value is -1.05. The van der Waals surface area contributed by atoms with Gasteiger partial charge in [0.25, 0.3) is 0 Å². The molecule has 0 radical (unpaired) electrons. The van der Waals surface area contributed by atoms with E-state index >= 15 is 0 Å². The van der Waals surface area contributed by atoms with Gasteiger partial charge in [0.2, 0.25) is 0 Å². The molecule has 0 aromatic rings. The Balaban J connectivity index is 2.29. The van der Waals surface area contributed by atoms with Crippen molar-refractivity contribution in [2.75, 3.05) is 0 Å². The largest absolute Gasteiger partial charge is 0.478 e. The standard InChI is InChI=1S/C15H22O2/c1-9-4-6-12-10(2)5-7-13(14(12)8-9)11(3)15(16)17/h8-10,12-13H,3-7H2,1-2H3,(H,16,17)/t9?,10-,12?,13?/m1/s1. The van der Waals surface area contributed by atoms with E-state index in [1.54, 1.807) is 0 Å². The average molecular weight is 234 g/mol. The molecule has 94 valence electrons. The summed E-state index contributed by atoms with van der Waals surface area (Å²) in [5, 5.41) is 9.13. The summed E-state index contributed by atoms with van der Waals surface area (Å²) in [4.78, 5) is 11.1. The van der Waals surface area contributed by atoms with E-state index in [0.29, 0.717) is 23.3 Å². The van der Waals surface area contributed by atoms with Gasteiger partial charge in [-0.15, -0.1) is 0 Å². The van der Waals surface area contributed by atoms with Gasteiger partial charge in [-0.05, 0) is 43.4 Å².